The molecule has 6 aliphatic rings. The highest BCUT2D eigenvalue weighted by atomic mass is 16.6. The van der Waals surface area contributed by atoms with Gasteiger partial charge >= 0.3 is 12.2 Å². The Kier molecular flexibility index (Phi) is 25.8. The maximum Gasteiger partial charge on any atom is 0.407 e. The number of fused-ring (bicyclic) bond motifs is 12. The minimum absolute atomic E-state index is 0.160. The zero-order valence-corrected chi connectivity index (χ0v) is 77.1. The molecule has 3 saturated carbocycles. The summed E-state index contributed by atoms with van der Waals surface area (Å²) in [7, 11) is 0. The van der Waals surface area contributed by atoms with E-state index in [0.29, 0.717) is 64.8 Å². The zero-order valence-electron chi connectivity index (χ0n) is 77.1. The average Bonchev–Trinajstić information content (AvgIpc) is 1.63. The average molecular weight is 1790 g/mol. The molecule has 6 bridgehead atoms. The predicted octanol–water partition coefficient (Wildman–Crippen LogP) is 15.6. The number of aromatic nitrogens is 18. The first kappa shape index (κ1) is 89.1. The number of alkyl carbamates (subject to hydrolysis) is 2. The Morgan fingerprint density at radius 1 is 0.409 bits per heavy atom. The van der Waals surface area contributed by atoms with Crippen molar-refractivity contribution in [1.82, 2.24) is 113 Å². The van der Waals surface area contributed by atoms with Gasteiger partial charge in [0.25, 0.3) is 0 Å². The molecular weight excluding hydrogens is 1670 g/mol. The van der Waals surface area contributed by atoms with Crippen LogP contribution in [-0.2, 0) is 29.1 Å². The number of hydrogen-bond donors (Lipinski definition) is 7. The van der Waals surface area contributed by atoms with Crippen LogP contribution in [0.15, 0.2) is 184 Å². The fourth-order valence-electron chi connectivity index (χ4n) is 19.8. The molecular formula is C97H119N28O7+. The molecule has 688 valence electrons. The van der Waals surface area contributed by atoms with Crippen molar-refractivity contribution < 1.29 is 37.8 Å². The van der Waals surface area contributed by atoms with Gasteiger partial charge in [-0.1, -0.05) is 0 Å². The molecule has 132 heavy (non-hydrogen) atoms. The van der Waals surface area contributed by atoms with Crippen LogP contribution >= 0.6 is 0 Å². The number of nitrogens with one attached hydrogen (secondary N) is 6. The normalized spacial score (nSPS) is 20.0. The summed E-state index contributed by atoms with van der Waals surface area (Å²) in [5, 5.41) is 45.9. The van der Waals surface area contributed by atoms with E-state index in [1.54, 1.807) is 32.5 Å². The van der Waals surface area contributed by atoms with E-state index < -0.39 is 11.2 Å². The maximum absolute atomic E-state index is 12.5. The standard InChI is InChI=1S/C32H37N9O3.C27H29N9O.C26H31N8O.C12H22N2O2/c1-20-13-24(7-8-26(20)43-25-10-12-40-27(14-25)33-18-35-40)37-30-29-23(9-11-41(29)36-19-34-30)17-39-15-21-5-6-22(16-39)28(21)38-31(42)44-32(2,3)4;1-17-10-21(4-5-23(17)37-22-7-9-35-24(11-22)29-15-31-35)33-27-26-20(6-8-36(26)32-16-30-27)14-34-12-18-2-3-19(13-34)25(18)28;1-5-34(6-2,7-3)16-20-10-12-33-25(20)26(28-18-30-33)31-21-8-9-23(19(4)14-21)35-22-11-13-32-24(15-22)27-17-29-32;1-12(2,3)16-11(15)14-10-8-4-5-9(10)7-13-6-8/h7-14,18-19,21-22,28H,5-6,15-17H2,1-4H3,(H,38,42)(H,34,36,37);4-11,15-16,18-19,25H,2-3,12-14,28H2,1H3,(H,30,32,33);8-15,17-18H,5-7,16H2,1-4H3,(H,28,30,31);8-10,13H,4-7H2,1-3H3,(H,14,15)/q;;+1;/t21-,22+,28?;18-,19+,25?;;8-,9+,10?. The molecule has 21 rings (SSSR count). The SMILES string of the molecule is CC(C)(C)OC(=O)NC1[C@@H]2CC[C@H]1CNC2.CC[N+](CC)(CC)Cc1ccn2ncnc(Nc3ccc(Oc4ccn5ncnc5c4)c(C)c3)c12.Cc1cc(Nc2ncnn3ccc(CN4C[C@H]5CC[C@@H](C4)C5N)c23)ccc1Oc1ccn2ncnc2c1.Cc1cc(Nc2ncnn3ccc(CN4C[C@H]5CC[C@@H](C4)C5NC(=O)OC(C)(C)C)c23)ccc1Oc1ccn2ncnc2c1. The van der Waals surface area contributed by atoms with Crippen LogP contribution in [-0.4, -0.2) is 202 Å². The first-order chi connectivity index (χ1) is 63.8. The molecule has 9 atom stereocenters. The predicted molar refractivity (Wildman–Crippen MR) is 503 cm³/mol. The second-order valence-electron chi connectivity index (χ2n) is 37.8. The van der Waals surface area contributed by atoms with Gasteiger partial charge in [-0.25, -0.2) is 66.6 Å². The summed E-state index contributed by atoms with van der Waals surface area (Å²) in [5.74, 6) is 10.0. The summed E-state index contributed by atoms with van der Waals surface area (Å²) < 4.78 is 41.1. The van der Waals surface area contributed by atoms with Crippen molar-refractivity contribution in [1.29, 1.82) is 0 Å². The largest absolute Gasteiger partial charge is 0.457 e. The van der Waals surface area contributed by atoms with Gasteiger partial charge in [0.05, 0.1) is 19.6 Å². The second-order valence-corrected chi connectivity index (χ2v) is 37.8. The smallest absolute Gasteiger partial charge is 0.407 e. The van der Waals surface area contributed by atoms with Gasteiger partial charge in [-0.15, -0.1) is 0 Å². The second kappa shape index (κ2) is 38.1. The van der Waals surface area contributed by atoms with Gasteiger partial charge in [-0.2, -0.15) is 30.6 Å². The molecule has 15 heterocycles. The first-order valence-electron chi connectivity index (χ1n) is 46.0. The van der Waals surface area contributed by atoms with Crippen molar-refractivity contribution in [2.75, 3.05) is 74.9 Å². The number of quaternary nitrogens is 1. The van der Waals surface area contributed by atoms with Gasteiger partial charge in [0, 0.05) is 135 Å². The van der Waals surface area contributed by atoms with Crippen molar-refractivity contribution >= 4 is 80.2 Å². The lowest BCUT2D eigenvalue weighted by Crippen LogP contribution is -2.53. The third-order valence-electron chi connectivity index (χ3n) is 26.7. The number of piperidine rings is 3. The summed E-state index contributed by atoms with van der Waals surface area (Å²) in [6, 6.07) is 36.5. The Bertz CT molecular complexity index is 6550. The van der Waals surface area contributed by atoms with Gasteiger partial charge in [-0.05, 0) is 289 Å². The molecule has 3 aliphatic heterocycles. The summed E-state index contributed by atoms with van der Waals surface area (Å²) >= 11 is 0. The van der Waals surface area contributed by atoms with Crippen LogP contribution in [0.2, 0.25) is 0 Å². The van der Waals surface area contributed by atoms with E-state index in [4.69, 9.17) is 29.4 Å². The molecule has 0 spiro atoms. The Morgan fingerprint density at radius 3 is 1.09 bits per heavy atom. The van der Waals surface area contributed by atoms with E-state index in [-0.39, 0.29) is 18.2 Å². The van der Waals surface area contributed by atoms with E-state index in [1.807, 2.05) is 192 Å². The van der Waals surface area contributed by atoms with Gasteiger partial charge in [-0.3, -0.25) is 9.80 Å². The minimum atomic E-state index is -0.503. The Balaban J connectivity index is 0.000000123. The van der Waals surface area contributed by atoms with Crippen molar-refractivity contribution in [3.05, 3.63) is 218 Å². The van der Waals surface area contributed by atoms with Crippen molar-refractivity contribution in [3.8, 4) is 34.5 Å². The van der Waals surface area contributed by atoms with E-state index in [2.05, 4.69) is 153 Å². The number of pyridine rings is 3. The Hall–Kier alpha value is -13.5. The third-order valence-corrected chi connectivity index (χ3v) is 26.7. The number of carbonyl (C=O) groups excluding carboxylic acids is 2. The minimum Gasteiger partial charge on any atom is -0.457 e. The van der Waals surface area contributed by atoms with Crippen LogP contribution in [0.4, 0.5) is 44.1 Å². The highest BCUT2D eigenvalue weighted by Crippen LogP contribution is 2.42. The molecule has 35 nitrogen and oxygen atoms in total. The lowest BCUT2D eigenvalue weighted by Gasteiger charge is -2.38. The number of rotatable bonds is 23. The van der Waals surface area contributed by atoms with E-state index in [9.17, 15) is 9.59 Å². The number of ether oxygens (including phenoxy) is 5. The van der Waals surface area contributed by atoms with E-state index in [1.165, 1.54) is 55.8 Å². The molecule has 3 saturated heterocycles. The number of aryl methyl sites for hydroxylation is 3. The molecule has 3 aromatic carbocycles. The molecule has 3 unspecified atom stereocenters. The molecule has 2 amide bonds. The third kappa shape index (κ3) is 20.3. The van der Waals surface area contributed by atoms with Crippen molar-refractivity contribution in [2.45, 2.75) is 171 Å². The van der Waals surface area contributed by atoms with Crippen LogP contribution < -0.4 is 51.8 Å². The molecule has 6 fully saturated rings. The molecule has 15 aromatic rings. The Morgan fingerprint density at radius 2 is 0.727 bits per heavy atom. The van der Waals surface area contributed by atoms with Crippen LogP contribution in [0, 0.1) is 56.3 Å². The number of hydrogen-bond acceptors (Lipinski definition) is 26. The topological polar surface area (TPSA) is 366 Å². The summed E-state index contributed by atoms with van der Waals surface area (Å²) in [5.41, 5.74) is 20.1. The number of likely N-dealkylation sites (tertiary alicyclic amines) is 2. The van der Waals surface area contributed by atoms with Crippen LogP contribution in [0.3, 0.4) is 0 Å². The van der Waals surface area contributed by atoms with Crippen LogP contribution in [0.1, 0.15) is 134 Å². The number of benzene rings is 3. The summed E-state index contributed by atoms with van der Waals surface area (Å²) in [6.45, 7) is 36.1. The number of nitrogens with zero attached hydrogens (tertiary/aromatic N) is 21. The van der Waals surface area contributed by atoms with Gasteiger partial charge in [0.1, 0.15) is 107 Å². The van der Waals surface area contributed by atoms with E-state index in [0.717, 1.165) is 203 Å². The van der Waals surface area contributed by atoms with Crippen LogP contribution in [0.5, 0.6) is 34.5 Å². The molecule has 8 N–H and O–H groups in total. The fourth-order valence-corrected chi connectivity index (χ4v) is 19.8. The van der Waals surface area contributed by atoms with Gasteiger partial charge in [0.15, 0.2) is 34.4 Å². The molecule has 12 aromatic heterocycles. The highest BCUT2D eigenvalue weighted by Gasteiger charge is 2.45. The quantitative estimate of drug-likeness (QED) is 0.0292. The van der Waals surface area contributed by atoms with Gasteiger partial charge < -0.3 is 65.8 Å². The lowest BCUT2D eigenvalue weighted by molar-refractivity contribution is -0.936. The zero-order chi connectivity index (χ0) is 91.5. The van der Waals surface area contributed by atoms with Crippen molar-refractivity contribution in [2.24, 2.45) is 41.2 Å². The first-order valence-corrected chi connectivity index (χ1v) is 46.0. The van der Waals surface area contributed by atoms with Crippen LogP contribution in [0.25, 0.3) is 33.5 Å². The number of anilines is 6. The highest BCUT2D eigenvalue weighted by molar-refractivity contribution is 5.80. The number of carbonyl (C=O) groups is 2. The summed E-state index contributed by atoms with van der Waals surface area (Å²) in [4.78, 5) is 55.7. The molecule has 35 heteroatoms. The molecule has 0 radical (unpaired) electrons. The maximum atomic E-state index is 12.5. The fraction of sp³-hybridized carbons (Fsp3) is 0.423. The van der Waals surface area contributed by atoms with E-state index >= 15 is 0 Å². The lowest BCUT2D eigenvalue weighted by atomic mass is 9.92. The van der Waals surface area contributed by atoms with Crippen molar-refractivity contribution in [3.63, 3.8) is 0 Å². The molecule has 3 aliphatic carbocycles. The Labute approximate surface area is 766 Å². The summed E-state index contributed by atoms with van der Waals surface area (Å²) in [6.07, 6.45) is 27.4. The number of amides is 2. The monoisotopic (exact) mass is 1790 g/mol. The van der Waals surface area contributed by atoms with Gasteiger partial charge in [0.2, 0.25) is 0 Å². The number of nitrogens with two attached hydrogens (primary N) is 1.